The Morgan fingerprint density at radius 2 is 1.85 bits per heavy atom. The van der Waals surface area contributed by atoms with Gasteiger partial charge in [0.2, 0.25) is 0 Å². The lowest BCUT2D eigenvalue weighted by molar-refractivity contribution is 0.632. The van der Waals surface area contributed by atoms with E-state index in [2.05, 4.69) is 58.6 Å². The van der Waals surface area contributed by atoms with Crippen LogP contribution in [0.2, 0.25) is 5.02 Å². The summed E-state index contributed by atoms with van der Waals surface area (Å²) < 4.78 is 2.35. The first kappa shape index (κ1) is 18.3. The van der Waals surface area contributed by atoms with E-state index in [4.69, 9.17) is 11.6 Å². The first-order valence-electron chi connectivity index (χ1n) is 9.99. The second kappa shape index (κ2) is 8.77. The number of aromatic nitrogens is 1. The highest BCUT2D eigenvalue weighted by Crippen LogP contribution is 2.23. The van der Waals surface area contributed by atoms with Gasteiger partial charge in [0, 0.05) is 35.2 Å². The predicted octanol–water partition coefficient (Wildman–Crippen LogP) is 6.32. The van der Waals surface area contributed by atoms with Crippen molar-refractivity contribution in [1.82, 2.24) is 9.88 Å². The van der Waals surface area contributed by atoms with E-state index in [1.54, 1.807) is 5.57 Å². The van der Waals surface area contributed by atoms with E-state index in [0.717, 1.165) is 24.7 Å². The van der Waals surface area contributed by atoms with Crippen LogP contribution in [0.5, 0.6) is 0 Å². The second-order valence-electron chi connectivity index (χ2n) is 7.46. The third-order valence-corrected chi connectivity index (χ3v) is 5.71. The fourth-order valence-electron chi connectivity index (χ4n) is 3.98. The maximum Gasteiger partial charge on any atom is 0.0486 e. The summed E-state index contributed by atoms with van der Waals surface area (Å²) in [5.74, 6) is 0. The number of nitrogens with one attached hydrogen (secondary N) is 1. The van der Waals surface area contributed by atoms with Gasteiger partial charge in [0.25, 0.3) is 0 Å². The molecule has 4 rings (SSSR count). The fourth-order valence-corrected chi connectivity index (χ4v) is 4.11. The van der Waals surface area contributed by atoms with Gasteiger partial charge in [0.15, 0.2) is 0 Å². The van der Waals surface area contributed by atoms with E-state index in [9.17, 15) is 0 Å². The van der Waals surface area contributed by atoms with Crippen molar-refractivity contribution in [2.75, 3.05) is 6.54 Å². The number of para-hydroxylation sites is 1. The molecule has 0 unspecified atom stereocenters. The van der Waals surface area contributed by atoms with Crippen molar-refractivity contribution in [1.29, 1.82) is 0 Å². The van der Waals surface area contributed by atoms with E-state index in [1.165, 1.54) is 54.1 Å². The minimum absolute atomic E-state index is 0.786. The van der Waals surface area contributed by atoms with Crippen molar-refractivity contribution >= 4 is 22.5 Å². The highest BCUT2D eigenvalue weighted by Gasteiger charge is 2.09. The quantitative estimate of drug-likeness (QED) is 0.376. The van der Waals surface area contributed by atoms with Crippen LogP contribution >= 0.6 is 11.6 Å². The number of hydrogen-bond acceptors (Lipinski definition) is 1. The molecular weight excluding hydrogens is 352 g/mol. The van der Waals surface area contributed by atoms with Crippen LogP contribution in [0.1, 0.15) is 43.2 Å². The molecule has 3 heteroatoms. The number of allylic oxidation sites excluding steroid dienone is 1. The molecule has 0 fully saturated rings. The minimum Gasteiger partial charge on any atom is -0.343 e. The maximum absolute atomic E-state index is 6.02. The van der Waals surface area contributed by atoms with E-state index in [1.807, 2.05) is 12.1 Å². The molecule has 0 aliphatic heterocycles. The molecule has 0 saturated heterocycles. The Morgan fingerprint density at radius 3 is 2.67 bits per heavy atom. The lowest BCUT2D eigenvalue weighted by Crippen LogP contribution is -2.15. The number of rotatable bonds is 7. The molecule has 1 aromatic heterocycles. The van der Waals surface area contributed by atoms with Crippen molar-refractivity contribution in [3.05, 3.63) is 82.5 Å². The van der Waals surface area contributed by atoms with Gasteiger partial charge in [0.1, 0.15) is 0 Å². The van der Waals surface area contributed by atoms with Gasteiger partial charge in [0.05, 0.1) is 0 Å². The number of halogens is 1. The molecule has 140 valence electrons. The van der Waals surface area contributed by atoms with Crippen LogP contribution in [0.4, 0.5) is 0 Å². The molecule has 1 aliphatic carbocycles. The summed E-state index contributed by atoms with van der Waals surface area (Å²) in [6.07, 6.45) is 11.2. The van der Waals surface area contributed by atoms with Crippen molar-refractivity contribution in [3.8, 4) is 0 Å². The van der Waals surface area contributed by atoms with Gasteiger partial charge in [-0.05, 0) is 68.0 Å². The highest BCUT2D eigenvalue weighted by atomic mass is 35.5. The molecule has 0 atom stereocenters. The van der Waals surface area contributed by atoms with Crippen molar-refractivity contribution in [2.45, 2.75) is 45.2 Å². The smallest absolute Gasteiger partial charge is 0.0486 e. The zero-order chi connectivity index (χ0) is 18.5. The topological polar surface area (TPSA) is 17.0 Å². The van der Waals surface area contributed by atoms with Gasteiger partial charge in [-0.1, -0.05) is 53.6 Å². The summed E-state index contributed by atoms with van der Waals surface area (Å²) in [6.45, 7) is 2.84. The Labute approximate surface area is 166 Å². The van der Waals surface area contributed by atoms with Crippen molar-refractivity contribution in [2.24, 2.45) is 0 Å². The Balaban J connectivity index is 1.44. The van der Waals surface area contributed by atoms with E-state index in [0.29, 0.717) is 0 Å². The van der Waals surface area contributed by atoms with Crippen LogP contribution in [0, 0.1) is 0 Å². The Morgan fingerprint density at radius 1 is 1.00 bits per heavy atom. The highest BCUT2D eigenvalue weighted by molar-refractivity contribution is 6.30. The van der Waals surface area contributed by atoms with Crippen molar-refractivity contribution in [3.63, 3.8) is 0 Å². The van der Waals surface area contributed by atoms with Gasteiger partial charge in [-0.15, -0.1) is 0 Å². The lowest BCUT2D eigenvalue weighted by Gasteiger charge is -2.12. The van der Waals surface area contributed by atoms with Crippen LogP contribution in [-0.4, -0.2) is 11.1 Å². The van der Waals surface area contributed by atoms with Gasteiger partial charge >= 0.3 is 0 Å². The Hall–Kier alpha value is -2.03. The largest absolute Gasteiger partial charge is 0.343 e. The molecule has 27 heavy (non-hydrogen) atoms. The first-order chi connectivity index (χ1) is 13.3. The van der Waals surface area contributed by atoms with E-state index in [-0.39, 0.29) is 0 Å². The molecule has 3 aromatic rings. The summed E-state index contributed by atoms with van der Waals surface area (Å²) in [5.41, 5.74) is 5.57. The standard InChI is InChI=1S/C24H27ClN2/c25-22-12-10-20(11-13-22)17-27-18-21(23-8-4-5-9-24(23)27)16-26-15-14-19-6-2-1-3-7-19/h4-6,8-13,18,26H,1-3,7,14-17H2. The maximum atomic E-state index is 6.02. The van der Waals surface area contributed by atoms with Crippen LogP contribution in [0.3, 0.4) is 0 Å². The average molecular weight is 379 g/mol. The normalized spacial score (nSPS) is 14.5. The molecule has 1 aliphatic rings. The molecule has 1 N–H and O–H groups in total. The molecule has 0 radical (unpaired) electrons. The molecule has 2 nitrogen and oxygen atoms in total. The van der Waals surface area contributed by atoms with Crippen LogP contribution < -0.4 is 5.32 Å². The second-order valence-corrected chi connectivity index (χ2v) is 7.90. The summed E-state index contributed by atoms with van der Waals surface area (Å²) in [7, 11) is 0. The Kier molecular flexibility index (Phi) is 5.96. The van der Waals surface area contributed by atoms with Crippen LogP contribution in [0.25, 0.3) is 10.9 Å². The zero-order valence-corrected chi connectivity index (χ0v) is 16.5. The van der Waals surface area contributed by atoms with E-state index < -0.39 is 0 Å². The SMILES string of the molecule is Clc1ccc(Cn2cc(CNCCC3=CCCCC3)c3ccccc32)cc1. The van der Waals surface area contributed by atoms with Gasteiger partial charge in [-0.2, -0.15) is 0 Å². The van der Waals surface area contributed by atoms with Gasteiger partial charge in [-0.25, -0.2) is 0 Å². The summed E-state index contributed by atoms with van der Waals surface area (Å²) in [6, 6.07) is 16.8. The molecule has 0 bridgehead atoms. The predicted molar refractivity (Wildman–Crippen MR) is 115 cm³/mol. The van der Waals surface area contributed by atoms with E-state index >= 15 is 0 Å². The summed E-state index contributed by atoms with van der Waals surface area (Å²) in [4.78, 5) is 0. The number of nitrogens with zero attached hydrogens (tertiary/aromatic N) is 1. The molecule has 0 saturated carbocycles. The average Bonchev–Trinajstić information content (AvgIpc) is 3.06. The third-order valence-electron chi connectivity index (χ3n) is 5.46. The molecular formula is C24H27ClN2. The molecule has 0 amide bonds. The van der Waals surface area contributed by atoms with Crippen LogP contribution in [0.15, 0.2) is 66.4 Å². The monoisotopic (exact) mass is 378 g/mol. The number of hydrogen-bond donors (Lipinski definition) is 1. The van der Waals surface area contributed by atoms with Crippen molar-refractivity contribution < 1.29 is 0 Å². The number of benzene rings is 2. The molecule has 1 heterocycles. The lowest BCUT2D eigenvalue weighted by atomic mass is 9.97. The third kappa shape index (κ3) is 4.63. The minimum atomic E-state index is 0.786. The Bertz CT molecular complexity index is 921. The molecule has 0 spiro atoms. The van der Waals surface area contributed by atoms with Gasteiger partial charge in [-0.3, -0.25) is 0 Å². The zero-order valence-electron chi connectivity index (χ0n) is 15.8. The fraction of sp³-hybridized carbons (Fsp3) is 0.333. The summed E-state index contributed by atoms with van der Waals surface area (Å²) >= 11 is 6.02. The summed E-state index contributed by atoms with van der Waals surface area (Å²) in [5, 5.41) is 5.78. The van der Waals surface area contributed by atoms with Gasteiger partial charge < -0.3 is 9.88 Å². The number of fused-ring (bicyclic) bond motifs is 1. The molecule has 2 aromatic carbocycles. The first-order valence-corrected chi connectivity index (χ1v) is 10.4. The van der Waals surface area contributed by atoms with Crippen LogP contribution in [-0.2, 0) is 13.1 Å².